The molecule has 7 nitrogen and oxygen atoms in total. The van der Waals surface area contributed by atoms with Gasteiger partial charge in [-0.2, -0.15) is 0 Å². The molecule has 0 aliphatic carbocycles. The second-order valence-corrected chi connectivity index (χ2v) is 6.54. The topological polar surface area (TPSA) is 79.4 Å². The molecule has 2 aromatic rings. The van der Waals surface area contributed by atoms with Crippen molar-refractivity contribution in [2.24, 2.45) is 0 Å². The van der Waals surface area contributed by atoms with E-state index in [2.05, 4.69) is 20.6 Å². The third-order valence-corrected chi connectivity index (χ3v) is 3.82. The Labute approximate surface area is 162 Å². The van der Waals surface area contributed by atoms with Crippen LogP contribution in [-0.4, -0.2) is 49.7 Å². The quantitative estimate of drug-likeness (QED) is 0.666. The van der Waals surface area contributed by atoms with E-state index in [4.69, 9.17) is 27.9 Å². The number of ether oxygens (including phenoxy) is 1. The molecule has 9 heteroatoms. The number of amides is 1. The van der Waals surface area contributed by atoms with Crippen LogP contribution in [0.25, 0.3) is 0 Å². The molecule has 0 saturated heterocycles. The number of anilines is 2. The van der Waals surface area contributed by atoms with E-state index in [1.807, 2.05) is 32.0 Å². The van der Waals surface area contributed by atoms with Gasteiger partial charge in [0.2, 0.25) is 0 Å². The van der Waals surface area contributed by atoms with Crippen molar-refractivity contribution in [1.29, 1.82) is 0 Å². The number of nitrogens with zero attached hydrogens (tertiary/aromatic N) is 3. The minimum absolute atomic E-state index is 0.126. The summed E-state index contributed by atoms with van der Waals surface area (Å²) in [4.78, 5) is 22.4. The predicted octanol–water partition coefficient (Wildman–Crippen LogP) is 2.76. The van der Waals surface area contributed by atoms with E-state index in [0.717, 1.165) is 5.82 Å². The maximum Gasteiger partial charge on any atom is 0.258 e. The Kier molecular flexibility index (Phi) is 7.29. The number of hydrogen-bond donors (Lipinski definition) is 2. The van der Waals surface area contributed by atoms with Gasteiger partial charge in [0.15, 0.2) is 6.61 Å². The van der Waals surface area contributed by atoms with Crippen LogP contribution in [-0.2, 0) is 4.79 Å². The number of aryl methyl sites for hydroxylation is 1. The van der Waals surface area contributed by atoms with Gasteiger partial charge in [-0.15, -0.1) is 0 Å². The lowest BCUT2D eigenvalue weighted by Gasteiger charge is -2.14. The zero-order valence-electron chi connectivity index (χ0n) is 14.8. The van der Waals surface area contributed by atoms with Gasteiger partial charge in [-0.1, -0.05) is 23.2 Å². The molecule has 1 aromatic carbocycles. The van der Waals surface area contributed by atoms with Gasteiger partial charge < -0.3 is 20.3 Å². The lowest BCUT2D eigenvalue weighted by atomic mass is 10.3. The van der Waals surface area contributed by atoms with Gasteiger partial charge in [-0.05, 0) is 25.1 Å². The standard InChI is InChI=1S/C17H21Cl2N5O2/c1-11-22-15(9-16(23-11)24(2)3)20-6-7-21-17(25)10-26-14-5-4-12(18)8-13(14)19/h4-5,8-9H,6-7,10H2,1-3H3,(H,21,25)(H,20,22,23). The molecule has 0 atom stereocenters. The zero-order chi connectivity index (χ0) is 19.1. The summed E-state index contributed by atoms with van der Waals surface area (Å²) in [6.07, 6.45) is 0. The number of benzene rings is 1. The summed E-state index contributed by atoms with van der Waals surface area (Å²) in [5.74, 6) is 2.37. The summed E-state index contributed by atoms with van der Waals surface area (Å²) < 4.78 is 5.38. The molecular weight excluding hydrogens is 377 g/mol. The van der Waals surface area contributed by atoms with Crippen LogP contribution in [0.3, 0.4) is 0 Å². The number of carbonyl (C=O) groups excluding carboxylic acids is 1. The fourth-order valence-corrected chi connectivity index (χ4v) is 2.51. The normalized spacial score (nSPS) is 10.3. The van der Waals surface area contributed by atoms with Crippen LogP contribution < -0.4 is 20.3 Å². The smallest absolute Gasteiger partial charge is 0.258 e. The number of halogens is 2. The lowest BCUT2D eigenvalue weighted by molar-refractivity contribution is -0.123. The highest BCUT2D eigenvalue weighted by molar-refractivity contribution is 6.35. The molecular formula is C17H21Cl2N5O2. The van der Waals surface area contributed by atoms with E-state index in [9.17, 15) is 4.79 Å². The van der Waals surface area contributed by atoms with Crippen LogP contribution in [0.1, 0.15) is 5.82 Å². The SMILES string of the molecule is Cc1nc(NCCNC(=O)COc2ccc(Cl)cc2Cl)cc(N(C)C)n1. The van der Waals surface area contributed by atoms with Crippen molar-refractivity contribution >= 4 is 40.7 Å². The third-order valence-electron chi connectivity index (χ3n) is 3.29. The second kappa shape index (κ2) is 9.45. The highest BCUT2D eigenvalue weighted by Gasteiger charge is 2.07. The van der Waals surface area contributed by atoms with Gasteiger partial charge in [0, 0.05) is 38.3 Å². The molecule has 0 spiro atoms. The molecule has 0 unspecified atom stereocenters. The average molecular weight is 398 g/mol. The van der Waals surface area contributed by atoms with E-state index in [1.165, 1.54) is 0 Å². The Hall–Kier alpha value is -2.25. The molecule has 1 heterocycles. The summed E-state index contributed by atoms with van der Waals surface area (Å²) >= 11 is 11.8. The highest BCUT2D eigenvalue weighted by atomic mass is 35.5. The molecule has 0 bridgehead atoms. The maximum absolute atomic E-state index is 11.8. The lowest BCUT2D eigenvalue weighted by Crippen LogP contribution is -2.32. The van der Waals surface area contributed by atoms with Crippen molar-refractivity contribution in [2.45, 2.75) is 6.92 Å². The number of rotatable bonds is 8. The van der Waals surface area contributed by atoms with E-state index >= 15 is 0 Å². The molecule has 0 fully saturated rings. The Morgan fingerprint density at radius 3 is 2.65 bits per heavy atom. The summed E-state index contributed by atoms with van der Waals surface area (Å²) in [5, 5.41) is 6.79. The van der Waals surface area contributed by atoms with Crippen LogP contribution in [0.4, 0.5) is 11.6 Å². The fourth-order valence-electron chi connectivity index (χ4n) is 2.05. The highest BCUT2D eigenvalue weighted by Crippen LogP contribution is 2.27. The molecule has 26 heavy (non-hydrogen) atoms. The Bertz CT molecular complexity index is 771. The molecule has 0 radical (unpaired) electrons. The van der Waals surface area contributed by atoms with Crippen LogP contribution in [0.2, 0.25) is 10.0 Å². The molecule has 0 aliphatic rings. The molecule has 1 aromatic heterocycles. The van der Waals surface area contributed by atoms with Crippen molar-refractivity contribution in [2.75, 3.05) is 44.0 Å². The number of hydrogen-bond acceptors (Lipinski definition) is 6. The van der Waals surface area contributed by atoms with Crippen molar-refractivity contribution in [3.63, 3.8) is 0 Å². The van der Waals surface area contributed by atoms with E-state index < -0.39 is 0 Å². The molecule has 0 saturated carbocycles. The average Bonchev–Trinajstić information content (AvgIpc) is 2.57. The van der Waals surface area contributed by atoms with E-state index in [0.29, 0.717) is 40.5 Å². The molecule has 1 amide bonds. The van der Waals surface area contributed by atoms with Crippen LogP contribution >= 0.6 is 23.2 Å². The third kappa shape index (κ3) is 6.24. The first-order valence-electron chi connectivity index (χ1n) is 7.96. The van der Waals surface area contributed by atoms with Gasteiger partial charge >= 0.3 is 0 Å². The summed E-state index contributed by atoms with van der Waals surface area (Å²) in [7, 11) is 3.83. The predicted molar refractivity (Wildman–Crippen MR) is 105 cm³/mol. The Morgan fingerprint density at radius 1 is 1.19 bits per heavy atom. The summed E-state index contributed by atoms with van der Waals surface area (Å²) in [6, 6.07) is 6.68. The molecule has 140 valence electrons. The van der Waals surface area contributed by atoms with Crippen molar-refractivity contribution < 1.29 is 9.53 Å². The zero-order valence-corrected chi connectivity index (χ0v) is 16.4. The van der Waals surface area contributed by atoms with Crippen LogP contribution in [0.5, 0.6) is 5.75 Å². The Morgan fingerprint density at radius 2 is 1.96 bits per heavy atom. The van der Waals surface area contributed by atoms with Crippen LogP contribution in [0, 0.1) is 6.92 Å². The number of nitrogens with one attached hydrogen (secondary N) is 2. The first kappa shape index (κ1) is 20.1. The van der Waals surface area contributed by atoms with Gasteiger partial charge in [-0.3, -0.25) is 4.79 Å². The Balaban J connectivity index is 1.73. The molecule has 0 aliphatic heterocycles. The van der Waals surface area contributed by atoms with Gasteiger partial charge in [0.25, 0.3) is 5.91 Å². The van der Waals surface area contributed by atoms with Crippen molar-refractivity contribution in [3.8, 4) is 5.75 Å². The minimum Gasteiger partial charge on any atom is -0.482 e. The first-order chi connectivity index (χ1) is 12.3. The van der Waals surface area contributed by atoms with Gasteiger partial charge in [0.05, 0.1) is 5.02 Å². The summed E-state index contributed by atoms with van der Waals surface area (Å²) in [5.41, 5.74) is 0. The molecule has 2 N–H and O–H groups in total. The van der Waals surface area contributed by atoms with Gasteiger partial charge in [0.1, 0.15) is 23.2 Å². The fraction of sp³-hybridized carbons (Fsp3) is 0.353. The van der Waals surface area contributed by atoms with Crippen molar-refractivity contribution in [3.05, 3.63) is 40.1 Å². The molecule has 2 rings (SSSR count). The van der Waals surface area contributed by atoms with Crippen molar-refractivity contribution in [1.82, 2.24) is 15.3 Å². The number of carbonyl (C=O) groups is 1. The second-order valence-electron chi connectivity index (χ2n) is 5.69. The first-order valence-corrected chi connectivity index (χ1v) is 8.72. The monoisotopic (exact) mass is 397 g/mol. The summed E-state index contributed by atoms with van der Waals surface area (Å²) in [6.45, 7) is 2.66. The maximum atomic E-state index is 11.8. The van der Waals surface area contributed by atoms with Crippen LogP contribution in [0.15, 0.2) is 24.3 Å². The van der Waals surface area contributed by atoms with Gasteiger partial charge in [-0.25, -0.2) is 9.97 Å². The van der Waals surface area contributed by atoms with E-state index in [-0.39, 0.29) is 12.5 Å². The largest absolute Gasteiger partial charge is 0.482 e. The minimum atomic E-state index is -0.245. The number of aromatic nitrogens is 2. The van der Waals surface area contributed by atoms with E-state index in [1.54, 1.807) is 18.2 Å².